The standard InChI is InChI=1S/C23H26N2O4/c1-4-28-20-11-10-16(13-21(20)29-5-2)12-18-15(3)19(14-24)23(27)25(22(18)26)17-8-6-7-9-17/h10-13,17H,4-9H2,1-3H3/b18-12+. The third kappa shape index (κ3) is 4.04. The van der Waals surface area contributed by atoms with Crippen LogP contribution in [0.4, 0.5) is 0 Å². The normalized spacial score (nSPS) is 19.1. The minimum Gasteiger partial charge on any atom is -0.490 e. The van der Waals surface area contributed by atoms with Gasteiger partial charge in [0.2, 0.25) is 0 Å². The molecule has 1 aromatic carbocycles. The summed E-state index contributed by atoms with van der Waals surface area (Å²) in [5.74, 6) is 0.433. The van der Waals surface area contributed by atoms with Gasteiger partial charge in [0, 0.05) is 11.6 Å². The van der Waals surface area contributed by atoms with Crippen LogP contribution in [0.1, 0.15) is 52.0 Å². The highest BCUT2D eigenvalue weighted by Gasteiger charge is 2.40. The zero-order valence-corrected chi connectivity index (χ0v) is 17.2. The molecule has 6 heteroatoms. The van der Waals surface area contributed by atoms with E-state index >= 15 is 0 Å². The molecule has 3 rings (SSSR count). The number of hydrogen-bond acceptors (Lipinski definition) is 5. The van der Waals surface area contributed by atoms with Gasteiger partial charge in [0.15, 0.2) is 11.5 Å². The maximum Gasteiger partial charge on any atom is 0.271 e. The van der Waals surface area contributed by atoms with Crippen molar-refractivity contribution in [3.8, 4) is 17.6 Å². The van der Waals surface area contributed by atoms with Gasteiger partial charge in [-0.1, -0.05) is 18.9 Å². The molecule has 1 aromatic rings. The van der Waals surface area contributed by atoms with E-state index in [0.29, 0.717) is 35.9 Å². The number of nitriles is 1. The molecule has 0 bridgehead atoms. The van der Waals surface area contributed by atoms with Gasteiger partial charge >= 0.3 is 0 Å². The second-order valence-electron chi connectivity index (χ2n) is 7.16. The summed E-state index contributed by atoms with van der Waals surface area (Å²) in [5, 5.41) is 9.54. The van der Waals surface area contributed by atoms with Crippen molar-refractivity contribution in [1.29, 1.82) is 5.26 Å². The molecular formula is C23H26N2O4. The molecule has 1 heterocycles. The van der Waals surface area contributed by atoms with E-state index in [9.17, 15) is 14.9 Å². The van der Waals surface area contributed by atoms with Crippen LogP contribution in [-0.2, 0) is 9.59 Å². The second kappa shape index (κ2) is 8.95. The van der Waals surface area contributed by atoms with Crippen molar-refractivity contribution < 1.29 is 19.1 Å². The first kappa shape index (κ1) is 20.7. The van der Waals surface area contributed by atoms with Crippen LogP contribution in [0.25, 0.3) is 6.08 Å². The highest BCUT2D eigenvalue weighted by molar-refractivity contribution is 6.19. The lowest BCUT2D eigenvalue weighted by atomic mass is 9.92. The lowest BCUT2D eigenvalue weighted by Crippen LogP contribution is -2.47. The van der Waals surface area contributed by atoms with E-state index in [4.69, 9.17) is 9.47 Å². The number of ether oxygens (including phenoxy) is 2. The molecule has 1 aliphatic heterocycles. The quantitative estimate of drug-likeness (QED) is 0.538. The highest BCUT2D eigenvalue weighted by Crippen LogP contribution is 2.34. The lowest BCUT2D eigenvalue weighted by molar-refractivity contribution is -0.143. The van der Waals surface area contributed by atoms with Gasteiger partial charge in [-0.2, -0.15) is 5.26 Å². The molecule has 0 radical (unpaired) electrons. The van der Waals surface area contributed by atoms with Crippen molar-refractivity contribution in [2.45, 2.75) is 52.5 Å². The molecule has 2 amide bonds. The van der Waals surface area contributed by atoms with Gasteiger partial charge in [0.1, 0.15) is 11.6 Å². The third-order valence-electron chi connectivity index (χ3n) is 5.34. The van der Waals surface area contributed by atoms with E-state index in [1.807, 2.05) is 32.0 Å². The Morgan fingerprint density at radius 3 is 2.38 bits per heavy atom. The number of benzene rings is 1. The van der Waals surface area contributed by atoms with E-state index in [1.165, 1.54) is 4.90 Å². The van der Waals surface area contributed by atoms with Crippen LogP contribution in [0.2, 0.25) is 0 Å². The molecule has 0 N–H and O–H groups in total. The van der Waals surface area contributed by atoms with Gasteiger partial charge in [-0.15, -0.1) is 0 Å². The van der Waals surface area contributed by atoms with Crippen molar-refractivity contribution in [2.75, 3.05) is 13.2 Å². The average Bonchev–Trinajstić information content (AvgIpc) is 3.22. The number of carbonyl (C=O) groups excluding carboxylic acids is 2. The Morgan fingerprint density at radius 2 is 1.76 bits per heavy atom. The molecule has 0 saturated heterocycles. The first-order valence-corrected chi connectivity index (χ1v) is 10.1. The summed E-state index contributed by atoms with van der Waals surface area (Å²) in [7, 11) is 0. The molecule has 1 fully saturated rings. The van der Waals surface area contributed by atoms with Crippen LogP contribution in [0, 0.1) is 11.3 Å². The van der Waals surface area contributed by atoms with E-state index in [0.717, 1.165) is 31.2 Å². The molecule has 0 aromatic heterocycles. The predicted molar refractivity (Wildman–Crippen MR) is 109 cm³/mol. The molecule has 6 nitrogen and oxygen atoms in total. The summed E-state index contributed by atoms with van der Waals surface area (Å²) in [6.45, 7) is 6.46. The SMILES string of the molecule is CCOc1ccc(/C=C2/C(=O)N(C3CCCC3)C(=O)C(C#N)=C2C)cc1OCC. The van der Waals surface area contributed by atoms with Gasteiger partial charge in [0.05, 0.1) is 13.2 Å². The minimum absolute atomic E-state index is 0.0405. The van der Waals surface area contributed by atoms with Crippen LogP contribution in [0.3, 0.4) is 0 Å². The van der Waals surface area contributed by atoms with E-state index in [-0.39, 0.29) is 17.5 Å². The molecule has 0 atom stereocenters. The number of rotatable bonds is 6. The van der Waals surface area contributed by atoms with Crippen LogP contribution in [0.15, 0.2) is 34.9 Å². The van der Waals surface area contributed by atoms with Crippen molar-refractivity contribution in [2.24, 2.45) is 0 Å². The lowest BCUT2D eigenvalue weighted by Gasteiger charge is -2.32. The Balaban J connectivity index is 2.05. The Hall–Kier alpha value is -3.07. The van der Waals surface area contributed by atoms with Crippen molar-refractivity contribution in [3.63, 3.8) is 0 Å². The predicted octanol–water partition coefficient (Wildman–Crippen LogP) is 4.02. The summed E-state index contributed by atoms with van der Waals surface area (Å²) in [6, 6.07) is 7.32. The first-order chi connectivity index (χ1) is 14.0. The molecular weight excluding hydrogens is 368 g/mol. The highest BCUT2D eigenvalue weighted by atomic mass is 16.5. The first-order valence-electron chi connectivity index (χ1n) is 10.1. The minimum atomic E-state index is -0.472. The number of carbonyl (C=O) groups is 2. The van der Waals surface area contributed by atoms with E-state index in [2.05, 4.69) is 0 Å². The monoisotopic (exact) mass is 394 g/mol. The summed E-state index contributed by atoms with van der Waals surface area (Å²) >= 11 is 0. The molecule has 1 aliphatic carbocycles. The van der Waals surface area contributed by atoms with Gasteiger partial charge in [0.25, 0.3) is 11.8 Å². The van der Waals surface area contributed by atoms with Crippen LogP contribution in [-0.4, -0.2) is 36.0 Å². The smallest absolute Gasteiger partial charge is 0.271 e. The fraction of sp³-hybridized carbons (Fsp3) is 0.435. The molecule has 29 heavy (non-hydrogen) atoms. The number of amides is 2. The maximum atomic E-state index is 13.2. The Morgan fingerprint density at radius 1 is 1.10 bits per heavy atom. The average molecular weight is 394 g/mol. The summed E-state index contributed by atoms with van der Waals surface area (Å²) in [6.07, 6.45) is 5.28. The summed E-state index contributed by atoms with van der Waals surface area (Å²) in [4.78, 5) is 27.3. The largest absolute Gasteiger partial charge is 0.490 e. The number of nitrogens with zero attached hydrogens (tertiary/aromatic N) is 2. The van der Waals surface area contributed by atoms with Crippen LogP contribution >= 0.6 is 0 Å². The van der Waals surface area contributed by atoms with Gasteiger partial charge in [-0.3, -0.25) is 14.5 Å². The zero-order valence-electron chi connectivity index (χ0n) is 17.2. The van der Waals surface area contributed by atoms with Crippen molar-refractivity contribution in [3.05, 3.63) is 40.5 Å². The van der Waals surface area contributed by atoms with Crippen LogP contribution in [0.5, 0.6) is 11.5 Å². The van der Waals surface area contributed by atoms with Crippen LogP contribution < -0.4 is 9.47 Å². The molecule has 152 valence electrons. The van der Waals surface area contributed by atoms with Crippen molar-refractivity contribution >= 4 is 17.9 Å². The maximum absolute atomic E-state index is 13.2. The topological polar surface area (TPSA) is 79.6 Å². The zero-order chi connectivity index (χ0) is 21.0. The van der Waals surface area contributed by atoms with Gasteiger partial charge in [-0.25, -0.2) is 0 Å². The summed E-state index contributed by atoms with van der Waals surface area (Å²) < 4.78 is 11.3. The van der Waals surface area contributed by atoms with Gasteiger partial charge in [-0.05, 0) is 63.0 Å². The molecule has 0 spiro atoms. The fourth-order valence-corrected chi connectivity index (χ4v) is 3.92. The van der Waals surface area contributed by atoms with Crippen molar-refractivity contribution in [1.82, 2.24) is 4.90 Å². The molecule has 2 aliphatic rings. The Kier molecular flexibility index (Phi) is 6.38. The summed E-state index contributed by atoms with van der Waals surface area (Å²) in [5.41, 5.74) is 1.58. The number of hydrogen-bond donors (Lipinski definition) is 0. The molecule has 1 saturated carbocycles. The Labute approximate surface area is 171 Å². The third-order valence-corrected chi connectivity index (χ3v) is 5.34. The Bertz CT molecular complexity index is 917. The fourth-order valence-electron chi connectivity index (χ4n) is 3.92. The van der Waals surface area contributed by atoms with E-state index in [1.54, 1.807) is 19.1 Å². The van der Waals surface area contributed by atoms with E-state index < -0.39 is 5.91 Å². The van der Waals surface area contributed by atoms with Gasteiger partial charge < -0.3 is 9.47 Å². The second-order valence-corrected chi connectivity index (χ2v) is 7.16. The number of imide groups is 1. The molecule has 0 unspecified atom stereocenters.